The maximum absolute atomic E-state index is 6.21. The largest absolute Gasteiger partial charge is 0.457 e. The number of alkyl halides is 1. The number of hydrogen-bond acceptors (Lipinski definition) is 1. The highest BCUT2D eigenvalue weighted by atomic mass is 79.9. The molecule has 0 aliphatic rings. The minimum absolute atomic E-state index is 0.0240. The van der Waals surface area contributed by atoms with Crippen LogP contribution in [-0.4, -0.2) is 0 Å². The Labute approximate surface area is 140 Å². The van der Waals surface area contributed by atoms with Gasteiger partial charge in [-0.15, -0.1) is 11.6 Å². The normalized spacial score (nSPS) is 11.5. The summed E-state index contributed by atoms with van der Waals surface area (Å²) in [6.45, 7) is 8.64. The van der Waals surface area contributed by atoms with Gasteiger partial charge in [-0.1, -0.05) is 54.9 Å². The van der Waals surface area contributed by atoms with Gasteiger partial charge in [-0.05, 0) is 36.1 Å². The Bertz CT molecular complexity index is 644. The van der Waals surface area contributed by atoms with Crippen LogP contribution in [0.3, 0.4) is 0 Å². The number of rotatable bonds is 3. The number of aryl methyl sites for hydroxylation is 1. The van der Waals surface area contributed by atoms with Gasteiger partial charge in [0.05, 0.1) is 5.88 Å². The molecule has 0 aliphatic heterocycles. The van der Waals surface area contributed by atoms with Crippen molar-refractivity contribution in [3.8, 4) is 11.5 Å². The first-order valence-electron chi connectivity index (χ1n) is 6.94. The molecule has 2 rings (SSSR count). The molecular formula is C18H20BrClO. The minimum atomic E-state index is 0.0240. The highest BCUT2D eigenvalue weighted by molar-refractivity contribution is 9.10. The van der Waals surface area contributed by atoms with E-state index in [9.17, 15) is 0 Å². The first-order chi connectivity index (χ1) is 9.81. The first-order valence-corrected chi connectivity index (χ1v) is 8.27. The van der Waals surface area contributed by atoms with E-state index in [-0.39, 0.29) is 5.41 Å². The number of benzene rings is 2. The molecule has 0 N–H and O–H groups in total. The van der Waals surface area contributed by atoms with Gasteiger partial charge in [0.25, 0.3) is 0 Å². The predicted octanol–water partition coefficient (Wildman–Crippen LogP) is 6.59. The van der Waals surface area contributed by atoms with E-state index < -0.39 is 0 Å². The molecule has 3 heteroatoms. The SMILES string of the molecule is Cc1ccc(C(C)(C)C)c(Oc2cc(Br)ccc2CCl)c1. The van der Waals surface area contributed by atoms with Crippen LogP contribution in [0, 0.1) is 6.92 Å². The molecule has 0 aromatic heterocycles. The van der Waals surface area contributed by atoms with Crippen LogP contribution in [0.5, 0.6) is 11.5 Å². The van der Waals surface area contributed by atoms with Gasteiger partial charge in [-0.2, -0.15) is 0 Å². The van der Waals surface area contributed by atoms with Gasteiger partial charge in [0.1, 0.15) is 11.5 Å². The highest BCUT2D eigenvalue weighted by Gasteiger charge is 2.20. The van der Waals surface area contributed by atoms with E-state index in [1.165, 1.54) is 11.1 Å². The molecule has 0 atom stereocenters. The van der Waals surface area contributed by atoms with Crippen molar-refractivity contribution in [1.82, 2.24) is 0 Å². The summed E-state index contributed by atoms with van der Waals surface area (Å²) in [6, 6.07) is 12.3. The van der Waals surface area contributed by atoms with Crippen LogP contribution in [0.15, 0.2) is 40.9 Å². The Morgan fingerprint density at radius 3 is 2.38 bits per heavy atom. The molecule has 0 radical (unpaired) electrons. The summed E-state index contributed by atoms with van der Waals surface area (Å²) < 4.78 is 7.19. The molecule has 112 valence electrons. The molecular weight excluding hydrogens is 348 g/mol. The van der Waals surface area contributed by atoms with Crippen molar-refractivity contribution in [2.24, 2.45) is 0 Å². The monoisotopic (exact) mass is 366 g/mol. The maximum atomic E-state index is 6.21. The van der Waals surface area contributed by atoms with Crippen LogP contribution in [0.4, 0.5) is 0 Å². The summed E-state index contributed by atoms with van der Waals surface area (Å²) in [4.78, 5) is 0. The summed E-state index contributed by atoms with van der Waals surface area (Å²) in [5, 5.41) is 0. The van der Waals surface area contributed by atoms with Gasteiger partial charge in [-0.3, -0.25) is 0 Å². The molecule has 1 nitrogen and oxygen atoms in total. The zero-order valence-electron chi connectivity index (χ0n) is 12.8. The van der Waals surface area contributed by atoms with Gasteiger partial charge in [-0.25, -0.2) is 0 Å². The van der Waals surface area contributed by atoms with E-state index in [4.69, 9.17) is 16.3 Å². The molecule has 0 saturated carbocycles. The van der Waals surface area contributed by atoms with Gasteiger partial charge in [0, 0.05) is 15.6 Å². The molecule has 0 fully saturated rings. The molecule has 0 unspecified atom stereocenters. The fourth-order valence-corrected chi connectivity index (χ4v) is 2.75. The van der Waals surface area contributed by atoms with E-state index in [0.717, 1.165) is 21.5 Å². The van der Waals surface area contributed by atoms with E-state index in [2.05, 4.69) is 61.8 Å². The lowest BCUT2D eigenvalue weighted by molar-refractivity contribution is 0.451. The van der Waals surface area contributed by atoms with E-state index >= 15 is 0 Å². The van der Waals surface area contributed by atoms with Crippen LogP contribution in [0.2, 0.25) is 0 Å². The van der Waals surface area contributed by atoms with Crippen molar-refractivity contribution in [2.75, 3.05) is 0 Å². The zero-order valence-corrected chi connectivity index (χ0v) is 15.2. The van der Waals surface area contributed by atoms with Crippen LogP contribution >= 0.6 is 27.5 Å². The smallest absolute Gasteiger partial charge is 0.132 e. The summed E-state index contributed by atoms with van der Waals surface area (Å²) in [5.41, 5.74) is 3.38. The van der Waals surface area contributed by atoms with Crippen molar-refractivity contribution in [1.29, 1.82) is 0 Å². The quantitative estimate of drug-likeness (QED) is 0.556. The molecule has 0 spiro atoms. The number of ether oxygens (including phenoxy) is 1. The second-order valence-corrected chi connectivity index (χ2v) is 7.42. The lowest BCUT2D eigenvalue weighted by Gasteiger charge is -2.23. The molecule has 0 bridgehead atoms. The lowest BCUT2D eigenvalue weighted by Crippen LogP contribution is -2.12. The molecule has 0 saturated heterocycles. The molecule has 0 amide bonds. The fraction of sp³-hybridized carbons (Fsp3) is 0.333. The number of hydrogen-bond donors (Lipinski definition) is 0. The maximum Gasteiger partial charge on any atom is 0.132 e. The molecule has 2 aromatic rings. The second kappa shape index (κ2) is 6.41. The van der Waals surface area contributed by atoms with Gasteiger partial charge < -0.3 is 4.74 Å². The zero-order chi connectivity index (χ0) is 15.6. The van der Waals surface area contributed by atoms with Crippen LogP contribution in [0.25, 0.3) is 0 Å². The average molecular weight is 368 g/mol. The van der Waals surface area contributed by atoms with Gasteiger partial charge in [0.2, 0.25) is 0 Å². The van der Waals surface area contributed by atoms with Crippen molar-refractivity contribution in [3.05, 3.63) is 57.6 Å². The van der Waals surface area contributed by atoms with E-state index in [1.54, 1.807) is 0 Å². The standard InChI is InChI=1S/C18H20BrClO/c1-12-5-8-15(18(2,3)4)17(9-12)21-16-10-14(19)7-6-13(16)11-20/h5-10H,11H2,1-4H3. The Morgan fingerprint density at radius 1 is 1.05 bits per heavy atom. The highest BCUT2D eigenvalue weighted by Crippen LogP contribution is 2.37. The topological polar surface area (TPSA) is 9.23 Å². The third-order valence-corrected chi connectivity index (χ3v) is 4.12. The summed E-state index contributed by atoms with van der Waals surface area (Å²) >= 11 is 9.50. The summed E-state index contributed by atoms with van der Waals surface area (Å²) in [7, 11) is 0. The molecule has 2 aromatic carbocycles. The van der Waals surface area contributed by atoms with Gasteiger partial charge >= 0.3 is 0 Å². The van der Waals surface area contributed by atoms with Crippen molar-refractivity contribution in [3.63, 3.8) is 0 Å². The van der Waals surface area contributed by atoms with E-state index in [0.29, 0.717) is 5.88 Å². The second-order valence-electron chi connectivity index (χ2n) is 6.24. The van der Waals surface area contributed by atoms with Gasteiger partial charge in [0.15, 0.2) is 0 Å². The third kappa shape index (κ3) is 4.02. The number of halogens is 2. The van der Waals surface area contributed by atoms with Crippen molar-refractivity contribution < 1.29 is 4.74 Å². The predicted molar refractivity (Wildman–Crippen MR) is 93.7 cm³/mol. The lowest BCUT2D eigenvalue weighted by atomic mass is 9.86. The Morgan fingerprint density at radius 2 is 1.76 bits per heavy atom. The molecule has 0 aliphatic carbocycles. The Kier molecular flexibility index (Phi) is 5.00. The minimum Gasteiger partial charge on any atom is -0.457 e. The third-order valence-electron chi connectivity index (χ3n) is 3.34. The van der Waals surface area contributed by atoms with Crippen LogP contribution in [0.1, 0.15) is 37.5 Å². The summed E-state index contributed by atoms with van der Waals surface area (Å²) in [6.07, 6.45) is 0. The fourth-order valence-electron chi connectivity index (χ4n) is 2.19. The van der Waals surface area contributed by atoms with Crippen LogP contribution < -0.4 is 4.74 Å². The van der Waals surface area contributed by atoms with Crippen molar-refractivity contribution in [2.45, 2.75) is 39.0 Å². The molecule has 0 heterocycles. The van der Waals surface area contributed by atoms with Crippen LogP contribution in [-0.2, 0) is 11.3 Å². The average Bonchev–Trinajstić information content (AvgIpc) is 2.37. The molecule has 21 heavy (non-hydrogen) atoms. The van der Waals surface area contributed by atoms with Crippen molar-refractivity contribution >= 4 is 27.5 Å². The first kappa shape index (κ1) is 16.4. The summed E-state index contributed by atoms with van der Waals surface area (Å²) in [5.74, 6) is 2.13. The van der Waals surface area contributed by atoms with E-state index in [1.807, 2.05) is 18.2 Å². The Hall–Kier alpha value is -0.990. The Balaban J connectivity index is 2.49.